The Balaban J connectivity index is 1.22. The van der Waals surface area contributed by atoms with Gasteiger partial charge in [0.25, 0.3) is 0 Å². The smallest absolute Gasteiger partial charge is 0.0390 e. The zero-order valence-electron chi connectivity index (χ0n) is 30.5. The summed E-state index contributed by atoms with van der Waals surface area (Å²) in [6, 6.07) is 51.3. The van der Waals surface area contributed by atoms with Gasteiger partial charge < -0.3 is 10.6 Å². The minimum absolute atomic E-state index is 0.109. The lowest BCUT2D eigenvalue weighted by molar-refractivity contribution is 0.590. The standard InChI is InChI=1S/C48H52N2/c1-6-8-10-35-12-26-42(27-13-35)49-44-30-22-38(23-31-44)37-16-18-39(19-17-37)46-33-32-45(50-43-28-14-36(15-29-43)11-9-7-2)34-47(46)40-20-24-41(25-21-40)48(3,4)5/h12-34,49-50H,6-11H2,1-5H3. The zero-order valence-corrected chi connectivity index (χ0v) is 30.5. The van der Waals surface area contributed by atoms with Crippen LogP contribution in [0.25, 0.3) is 33.4 Å². The van der Waals surface area contributed by atoms with Crippen molar-refractivity contribution in [2.45, 2.75) is 78.6 Å². The lowest BCUT2D eigenvalue weighted by Crippen LogP contribution is -2.10. The van der Waals surface area contributed by atoms with E-state index in [4.69, 9.17) is 0 Å². The van der Waals surface area contributed by atoms with Crippen LogP contribution in [0, 0.1) is 0 Å². The Hall–Kier alpha value is -5.08. The molecule has 0 saturated heterocycles. The van der Waals surface area contributed by atoms with Gasteiger partial charge in [0.2, 0.25) is 0 Å². The fourth-order valence-corrected chi connectivity index (χ4v) is 6.46. The van der Waals surface area contributed by atoms with Crippen molar-refractivity contribution < 1.29 is 0 Å². The third-order valence-electron chi connectivity index (χ3n) is 9.62. The molecule has 6 aromatic rings. The molecule has 0 unspecified atom stereocenters. The van der Waals surface area contributed by atoms with Crippen molar-refractivity contribution in [3.05, 3.63) is 156 Å². The van der Waals surface area contributed by atoms with E-state index in [1.807, 2.05) is 0 Å². The molecule has 6 rings (SSSR count). The molecule has 0 aromatic heterocycles. The molecule has 2 N–H and O–H groups in total. The van der Waals surface area contributed by atoms with Gasteiger partial charge in [-0.3, -0.25) is 0 Å². The van der Waals surface area contributed by atoms with Crippen LogP contribution >= 0.6 is 0 Å². The van der Waals surface area contributed by atoms with Gasteiger partial charge in [-0.2, -0.15) is 0 Å². The van der Waals surface area contributed by atoms with Crippen LogP contribution in [0.2, 0.25) is 0 Å². The van der Waals surface area contributed by atoms with E-state index in [0.717, 1.165) is 35.6 Å². The monoisotopic (exact) mass is 656 g/mol. The number of rotatable bonds is 13. The molecule has 0 aliphatic carbocycles. The maximum atomic E-state index is 3.67. The van der Waals surface area contributed by atoms with Crippen LogP contribution < -0.4 is 10.6 Å². The molecule has 50 heavy (non-hydrogen) atoms. The highest BCUT2D eigenvalue weighted by atomic mass is 14.9. The van der Waals surface area contributed by atoms with E-state index in [1.165, 1.54) is 75.8 Å². The van der Waals surface area contributed by atoms with E-state index in [2.05, 4.69) is 185 Å². The first kappa shape index (κ1) is 34.8. The molecule has 0 bridgehead atoms. The summed E-state index contributed by atoms with van der Waals surface area (Å²) in [4.78, 5) is 0. The largest absolute Gasteiger partial charge is 0.356 e. The first-order valence-corrected chi connectivity index (χ1v) is 18.5. The van der Waals surface area contributed by atoms with Crippen LogP contribution in [0.5, 0.6) is 0 Å². The molecule has 0 heterocycles. The van der Waals surface area contributed by atoms with Crippen LogP contribution in [-0.4, -0.2) is 0 Å². The molecular formula is C48H52N2. The summed E-state index contributed by atoms with van der Waals surface area (Å²) in [6.07, 6.45) is 7.19. The Morgan fingerprint density at radius 1 is 0.400 bits per heavy atom. The molecule has 254 valence electrons. The van der Waals surface area contributed by atoms with E-state index in [-0.39, 0.29) is 5.41 Å². The van der Waals surface area contributed by atoms with Gasteiger partial charge in [-0.25, -0.2) is 0 Å². The summed E-state index contributed by atoms with van der Waals surface area (Å²) in [7, 11) is 0. The third-order valence-corrected chi connectivity index (χ3v) is 9.62. The number of aryl methyl sites for hydroxylation is 2. The second-order valence-corrected chi connectivity index (χ2v) is 14.6. The minimum atomic E-state index is 0.109. The van der Waals surface area contributed by atoms with Gasteiger partial charge in [-0.15, -0.1) is 0 Å². The molecular weight excluding hydrogens is 605 g/mol. The maximum absolute atomic E-state index is 3.67. The molecule has 0 aliphatic rings. The molecule has 2 heteroatoms. The Labute approximate surface area is 300 Å². The number of anilines is 4. The molecule has 0 spiro atoms. The van der Waals surface area contributed by atoms with Crippen LogP contribution in [-0.2, 0) is 18.3 Å². The molecule has 0 aliphatic heterocycles. The van der Waals surface area contributed by atoms with Crippen molar-refractivity contribution in [3.8, 4) is 33.4 Å². The van der Waals surface area contributed by atoms with Crippen LogP contribution in [0.1, 0.15) is 77.0 Å². The van der Waals surface area contributed by atoms with Crippen molar-refractivity contribution in [1.82, 2.24) is 0 Å². The van der Waals surface area contributed by atoms with Gasteiger partial charge in [0.1, 0.15) is 0 Å². The van der Waals surface area contributed by atoms with Crippen LogP contribution in [0.15, 0.2) is 140 Å². The molecule has 2 nitrogen and oxygen atoms in total. The quantitative estimate of drug-likeness (QED) is 0.129. The molecule has 0 radical (unpaired) electrons. The van der Waals surface area contributed by atoms with E-state index >= 15 is 0 Å². The van der Waals surface area contributed by atoms with E-state index in [0.29, 0.717) is 0 Å². The number of nitrogens with one attached hydrogen (secondary N) is 2. The predicted molar refractivity (Wildman–Crippen MR) is 218 cm³/mol. The number of unbranched alkanes of at least 4 members (excludes halogenated alkanes) is 2. The highest BCUT2D eigenvalue weighted by Crippen LogP contribution is 2.37. The second-order valence-electron chi connectivity index (χ2n) is 14.6. The molecule has 0 amide bonds. The van der Waals surface area contributed by atoms with E-state index in [1.54, 1.807) is 0 Å². The lowest BCUT2D eigenvalue weighted by Gasteiger charge is -2.20. The van der Waals surface area contributed by atoms with Gasteiger partial charge in [0.15, 0.2) is 0 Å². The number of hydrogen-bond donors (Lipinski definition) is 2. The predicted octanol–water partition coefficient (Wildman–Crippen LogP) is 14.2. The fourth-order valence-electron chi connectivity index (χ4n) is 6.46. The molecule has 0 atom stereocenters. The average Bonchev–Trinajstić information content (AvgIpc) is 3.14. The van der Waals surface area contributed by atoms with Crippen molar-refractivity contribution in [1.29, 1.82) is 0 Å². The number of hydrogen-bond acceptors (Lipinski definition) is 2. The molecule has 6 aromatic carbocycles. The van der Waals surface area contributed by atoms with Gasteiger partial charge in [0.05, 0.1) is 0 Å². The summed E-state index contributed by atoms with van der Waals surface area (Å²) in [5.74, 6) is 0. The van der Waals surface area contributed by atoms with Crippen LogP contribution in [0.3, 0.4) is 0 Å². The summed E-state index contributed by atoms with van der Waals surface area (Å²) >= 11 is 0. The Bertz CT molecular complexity index is 1940. The van der Waals surface area contributed by atoms with E-state index in [9.17, 15) is 0 Å². The van der Waals surface area contributed by atoms with E-state index < -0.39 is 0 Å². The van der Waals surface area contributed by atoms with Gasteiger partial charge >= 0.3 is 0 Å². The topological polar surface area (TPSA) is 24.1 Å². The fraction of sp³-hybridized carbons (Fsp3) is 0.250. The van der Waals surface area contributed by atoms with Crippen LogP contribution in [0.4, 0.5) is 22.7 Å². The van der Waals surface area contributed by atoms with Crippen molar-refractivity contribution >= 4 is 22.7 Å². The first-order chi connectivity index (χ1) is 24.3. The summed E-state index contributed by atoms with van der Waals surface area (Å²) < 4.78 is 0. The lowest BCUT2D eigenvalue weighted by atomic mass is 9.85. The molecule has 0 saturated carbocycles. The van der Waals surface area contributed by atoms with Gasteiger partial charge in [0, 0.05) is 22.7 Å². The first-order valence-electron chi connectivity index (χ1n) is 18.5. The Morgan fingerprint density at radius 2 is 0.780 bits per heavy atom. The normalized spacial score (nSPS) is 11.4. The summed E-state index contributed by atoms with van der Waals surface area (Å²) in [5, 5.41) is 7.22. The Kier molecular flexibility index (Phi) is 11.2. The Morgan fingerprint density at radius 3 is 1.26 bits per heavy atom. The second kappa shape index (κ2) is 16.1. The third kappa shape index (κ3) is 8.93. The van der Waals surface area contributed by atoms with Crippen molar-refractivity contribution in [2.24, 2.45) is 0 Å². The summed E-state index contributed by atoms with van der Waals surface area (Å²) in [6.45, 7) is 11.3. The minimum Gasteiger partial charge on any atom is -0.356 e. The van der Waals surface area contributed by atoms with Gasteiger partial charge in [-0.05, 0) is 130 Å². The van der Waals surface area contributed by atoms with Gasteiger partial charge in [-0.1, -0.05) is 138 Å². The highest BCUT2D eigenvalue weighted by Gasteiger charge is 2.15. The SMILES string of the molecule is CCCCc1ccc(Nc2ccc(-c3ccc(-c4ccc(Nc5ccc(CCCC)cc5)cc4-c4ccc(C(C)(C)C)cc4)cc3)cc2)cc1. The highest BCUT2D eigenvalue weighted by molar-refractivity contribution is 5.87. The molecule has 0 fully saturated rings. The van der Waals surface area contributed by atoms with Crippen molar-refractivity contribution in [2.75, 3.05) is 10.6 Å². The average molecular weight is 657 g/mol. The summed E-state index contributed by atoms with van der Waals surface area (Å²) in [5.41, 5.74) is 15.9. The van der Waals surface area contributed by atoms with Crippen molar-refractivity contribution in [3.63, 3.8) is 0 Å². The maximum Gasteiger partial charge on any atom is 0.0390 e. The number of benzene rings is 6. The zero-order chi connectivity index (χ0) is 34.9.